The zero-order chi connectivity index (χ0) is 15.6. The van der Waals surface area contributed by atoms with Crippen LogP contribution in [0.25, 0.3) is 0 Å². The molecular formula is C11H7Cl2N3O4S. The number of hydrogen-bond donors (Lipinski definition) is 1. The van der Waals surface area contributed by atoms with E-state index in [1.807, 2.05) is 0 Å². The molecule has 1 aromatic heterocycles. The van der Waals surface area contributed by atoms with E-state index < -0.39 is 20.6 Å². The molecule has 0 aliphatic rings. The van der Waals surface area contributed by atoms with E-state index in [9.17, 15) is 18.5 Å². The van der Waals surface area contributed by atoms with Crippen LogP contribution in [0.2, 0.25) is 10.2 Å². The molecule has 0 aliphatic heterocycles. The summed E-state index contributed by atoms with van der Waals surface area (Å²) in [6.45, 7) is 0. The Balaban J connectivity index is 2.46. The minimum Gasteiger partial charge on any atom is -0.273 e. The van der Waals surface area contributed by atoms with Gasteiger partial charge >= 0.3 is 0 Å². The van der Waals surface area contributed by atoms with Crippen molar-refractivity contribution < 1.29 is 13.3 Å². The molecule has 0 spiro atoms. The van der Waals surface area contributed by atoms with Gasteiger partial charge in [0.25, 0.3) is 15.7 Å². The first-order valence-corrected chi connectivity index (χ1v) is 7.62. The maximum Gasteiger partial charge on any atom is 0.293 e. The molecule has 0 radical (unpaired) electrons. The van der Waals surface area contributed by atoms with Gasteiger partial charge in [0.05, 0.1) is 9.82 Å². The van der Waals surface area contributed by atoms with Crippen molar-refractivity contribution in [2.24, 2.45) is 0 Å². The highest BCUT2D eigenvalue weighted by molar-refractivity contribution is 7.92. The van der Waals surface area contributed by atoms with Gasteiger partial charge in [-0.25, -0.2) is 13.4 Å². The van der Waals surface area contributed by atoms with Gasteiger partial charge in [-0.2, -0.15) is 0 Å². The average Bonchev–Trinajstić information content (AvgIpc) is 2.38. The summed E-state index contributed by atoms with van der Waals surface area (Å²) in [5.41, 5.74) is -0.649. The second kappa shape index (κ2) is 5.84. The summed E-state index contributed by atoms with van der Waals surface area (Å²) in [6, 6.07) is 5.89. The van der Waals surface area contributed by atoms with Gasteiger partial charge in [0.15, 0.2) is 0 Å². The van der Waals surface area contributed by atoms with E-state index in [1.54, 1.807) is 0 Å². The summed E-state index contributed by atoms with van der Waals surface area (Å²) >= 11 is 11.4. The number of hydrogen-bond acceptors (Lipinski definition) is 5. The number of rotatable bonds is 4. The van der Waals surface area contributed by atoms with Crippen LogP contribution in [0.5, 0.6) is 0 Å². The summed E-state index contributed by atoms with van der Waals surface area (Å²) in [4.78, 5) is 13.7. The first-order chi connectivity index (χ1) is 9.79. The largest absolute Gasteiger partial charge is 0.293 e. The Morgan fingerprint density at radius 1 is 1.19 bits per heavy atom. The third kappa shape index (κ3) is 3.60. The van der Waals surface area contributed by atoms with Gasteiger partial charge in [0.2, 0.25) is 0 Å². The number of aromatic nitrogens is 1. The van der Waals surface area contributed by atoms with Gasteiger partial charge in [-0.1, -0.05) is 23.2 Å². The van der Waals surface area contributed by atoms with Gasteiger partial charge in [0.1, 0.15) is 10.8 Å². The van der Waals surface area contributed by atoms with Crippen LogP contribution in [0.3, 0.4) is 0 Å². The van der Waals surface area contributed by atoms with Crippen molar-refractivity contribution >= 4 is 44.6 Å². The van der Waals surface area contributed by atoms with E-state index in [2.05, 4.69) is 9.71 Å². The summed E-state index contributed by atoms with van der Waals surface area (Å²) in [7, 11) is -4.05. The first kappa shape index (κ1) is 15.5. The zero-order valence-corrected chi connectivity index (χ0v) is 12.5. The van der Waals surface area contributed by atoms with Crippen LogP contribution in [-0.2, 0) is 10.0 Å². The highest BCUT2D eigenvalue weighted by Gasteiger charge is 2.21. The van der Waals surface area contributed by atoms with Crippen LogP contribution in [0.15, 0.2) is 41.4 Å². The number of nitro groups is 1. The average molecular weight is 348 g/mol. The van der Waals surface area contributed by atoms with Crippen molar-refractivity contribution in [3.05, 3.63) is 56.8 Å². The molecule has 0 amide bonds. The smallest absolute Gasteiger partial charge is 0.273 e. The third-order valence-electron chi connectivity index (χ3n) is 2.41. The van der Waals surface area contributed by atoms with Gasteiger partial charge in [-0.05, 0) is 24.3 Å². The molecule has 1 aromatic carbocycles. The Morgan fingerprint density at radius 2 is 1.90 bits per heavy atom. The normalized spacial score (nSPS) is 11.1. The number of halogens is 2. The topological polar surface area (TPSA) is 102 Å². The number of nitro benzene ring substituents is 1. The molecule has 0 atom stereocenters. The molecule has 110 valence electrons. The molecule has 21 heavy (non-hydrogen) atoms. The monoisotopic (exact) mass is 347 g/mol. The van der Waals surface area contributed by atoms with E-state index >= 15 is 0 Å². The number of benzene rings is 1. The van der Waals surface area contributed by atoms with Crippen LogP contribution >= 0.6 is 23.2 Å². The Morgan fingerprint density at radius 3 is 2.52 bits per heavy atom. The lowest BCUT2D eigenvalue weighted by molar-refractivity contribution is -0.383. The van der Waals surface area contributed by atoms with Crippen molar-refractivity contribution in [2.45, 2.75) is 4.90 Å². The number of anilines is 1. The van der Waals surface area contributed by atoms with Gasteiger partial charge < -0.3 is 0 Å². The Bertz CT molecular complexity index is 811. The molecule has 0 bridgehead atoms. The molecule has 0 unspecified atom stereocenters. The van der Waals surface area contributed by atoms with Crippen LogP contribution in [0.4, 0.5) is 11.4 Å². The van der Waals surface area contributed by atoms with Crippen molar-refractivity contribution in [3.63, 3.8) is 0 Å². The van der Waals surface area contributed by atoms with Crippen molar-refractivity contribution in [3.8, 4) is 0 Å². The fraction of sp³-hybridized carbons (Fsp3) is 0. The van der Waals surface area contributed by atoms with Gasteiger partial charge in [-0.15, -0.1) is 0 Å². The van der Waals surface area contributed by atoms with E-state index in [-0.39, 0.29) is 20.8 Å². The SMILES string of the molecule is O=[N+]([O-])c1ccc(Cl)cc1NS(=O)(=O)c1ccnc(Cl)c1. The molecule has 0 saturated heterocycles. The number of pyridine rings is 1. The number of nitrogens with one attached hydrogen (secondary N) is 1. The maximum absolute atomic E-state index is 12.2. The zero-order valence-electron chi connectivity index (χ0n) is 10.2. The summed E-state index contributed by atoms with van der Waals surface area (Å²) < 4.78 is 26.5. The maximum atomic E-state index is 12.2. The van der Waals surface area contributed by atoms with Crippen LogP contribution in [-0.4, -0.2) is 18.3 Å². The lowest BCUT2D eigenvalue weighted by atomic mass is 10.3. The molecule has 2 aromatic rings. The second-order valence-corrected chi connectivity index (χ2v) is 6.34. The Labute approximate surface area is 129 Å². The lowest BCUT2D eigenvalue weighted by Crippen LogP contribution is -2.14. The molecule has 1 N–H and O–H groups in total. The standard InChI is InChI=1S/C11H7Cl2N3O4S/c12-7-1-2-10(16(17)18)9(5-7)15-21(19,20)8-3-4-14-11(13)6-8/h1-6,15H. The fourth-order valence-electron chi connectivity index (χ4n) is 1.50. The predicted molar refractivity (Wildman–Crippen MR) is 78.2 cm³/mol. The number of sulfonamides is 1. The van der Waals surface area contributed by atoms with E-state index in [1.165, 1.54) is 18.3 Å². The molecule has 1 heterocycles. The van der Waals surface area contributed by atoms with E-state index in [0.29, 0.717) is 0 Å². The number of nitrogens with zero attached hydrogens (tertiary/aromatic N) is 2. The third-order valence-corrected chi connectivity index (χ3v) is 4.21. The summed E-state index contributed by atoms with van der Waals surface area (Å²) in [5, 5.41) is 11.0. The van der Waals surface area contributed by atoms with Crippen LogP contribution in [0.1, 0.15) is 0 Å². The van der Waals surface area contributed by atoms with Crippen LogP contribution < -0.4 is 4.72 Å². The van der Waals surface area contributed by atoms with Crippen molar-refractivity contribution in [1.82, 2.24) is 4.98 Å². The molecular weight excluding hydrogens is 341 g/mol. The minimum atomic E-state index is -4.05. The Kier molecular flexibility index (Phi) is 4.31. The van der Waals surface area contributed by atoms with E-state index in [4.69, 9.17) is 23.2 Å². The molecule has 0 aliphatic carbocycles. The summed E-state index contributed by atoms with van der Waals surface area (Å²) in [5.74, 6) is 0. The lowest BCUT2D eigenvalue weighted by Gasteiger charge is -2.09. The molecule has 10 heteroatoms. The molecule has 2 rings (SSSR count). The molecule has 0 fully saturated rings. The van der Waals surface area contributed by atoms with Crippen molar-refractivity contribution in [1.29, 1.82) is 0 Å². The van der Waals surface area contributed by atoms with Gasteiger partial charge in [-0.3, -0.25) is 14.8 Å². The minimum absolute atomic E-state index is 0.0153. The molecule has 0 saturated carbocycles. The highest BCUT2D eigenvalue weighted by atomic mass is 35.5. The van der Waals surface area contributed by atoms with E-state index in [0.717, 1.165) is 18.2 Å². The first-order valence-electron chi connectivity index (χ1n) is 5.38. The second-order valence-electron chi connectivity index (χ2n) is 3.84. The van der Waals surface area contributed by atoms with Crippen LogP contribution in [0, 0.1) is 10.1 Å². The fourth-order valence-corrected chi connectivity index (χ4v) is 2.99. The molecule has 7 nitrogen and oxygen atoms in total. The quantitative estimate of drug-likeness (QED) is 0.520. The predicted octanol–water partition coefficient (Wildman–Crippen LogP) is 3.10. The highest BCUT2D eigenvalue weighted by Crippen LogP contribution is 2.29. The van der Waals surface area contributed by atoms with Crippen molar-refractivity contribution in [2.75, 3.05) is 4.72 Å². The summed E-state index contributed by atoms with van der Waals surface area (Å²) in [6.07, 6.45) is 1.21. The Hall–Kier alpha value is -1.90. The van der Waals surface area contributed by atoms with Gasteiger partial charge in [0, 0.05) is 17.3 Å².